The summed E-state index contributed by atoms with van der Waals surface area (Å²) >= 11 is 6.40. The van der Waals surface area contributed by atoms with E-state index in [2.05, 4.69) is 16.4 Å². The smallest absolute Gasteiger partial charge is 0.264 e. The minimum Gasteiger partial charge on any atom is -0.395 e. The van der Waals surface area contributed by atoms with E-state index in [-0.39, 0.29) is 25.0 Å². The third-order valence-corrected chi connectivity index (χ3v) is 10.00. The summed E-state index contributed by atoms with van der Waals surface area (Å²) in [7, 11) is 0. The Hall–Kier alpha value is -5.09. The predicted octanol–water partition coefficient (Wildman–Crippen LogP) is 6.68. The van der Waals surface area contributed by atoms with E-state index in [1.54, 1.807) is 32.7 Å². The summed E-state index contributed by atoms with van der Waals surface area (Å²) in [5.74, 6) is -1.19. The zero-order valence-corrected chi connectivity index (χ0v) is 28.4. The second kappa shape index (κ2) is 14.0. The lowest BCUT2D eigenvalue weighted by Gasteiger charge is -2.30. The molecule has 1 unspecified atom stereocenters. The van der Waals surface area contributed by atoms with Crippen molar-refractivity contribution < 1.29 is 19.8 Å². The summed E-state index contributed by atoms with van der Waals surface area (Å²) in [6.07, 6.45) is 7.40. The third-order valence-electron chi connectivity index (χ3n) is 9.76. The van der Waals surface area contributed by atoms with Crippen molar-refractivity contribution >= 4 is 40.5 Å². The molecule has 0 spiro atoms. The number of hydrogen-bond acceptors (Lipinski definition) is 6. The van der Waals surface area contributed by atoms with E-state index in [0.717, 1.165) is 34.5 Å². The Morgan fingerprint density at radius 3 is 2.48 bits per heavy atom. The molecule has 0 saturated heterocycles. The molecule has 9 nitrogen and oxygen atoms in total. The number of para-hydroxylation sites is 1. The molecule has 1 aromatic heterocycles. The van der Waals surface area contributed by atoms with Gasteiger partial charge in [-0.15, -0.1) is 5.10 Å². The van der Waals surface area contributed by atoms with Crippen molar-refractivity contribution in [3.05, 3.63) is 148 Å². The van der Waals surface area contributed by atoms with Crippen LogP contribution in [0.5, 0.6) is 0 Å². The average molecular weight is 688 g/mol. The highest BCUT2D eigenvalue weighted by atomic mass is 35.5. The van der Waals surface area contributed by atoms with E-state index in [0.29, 0.717) is 41.4 Å². The molecule has 0 bridgehead atoms. The van der Waals surface area contributed by atoms with Crippen LogP contribution in [-0.2, 0) is 34.7 Å². The summed E-state index contributed by atoms with van der Waals surface area (Å²) in [4.78, 5) is 30.4. The lowest BCUT2D eigenvalue weighted by Crippen LogP contribution is -2.44. The van der Waals surface area contributed by atoms with Crippen LogP contribution in [0.2, 0.25) is 5.02 Å². The first-order valence-corrected chi connectivity index (χ1v) is 17.2. The average Bonchev–Trinajstić information content (AvgIpc) is 3.68. The molecule has 4 aromatic carbocycles. The fraction of sp³-hybridized carbons (Fsp3) is 0.250. The summed E-state index contributed by atoms with van der Waals surface area (Å²) in [5.41, 5.74) is 4.59. The Bertz CT molecular complexity index is 2050. The second-order valence-electron chi connectivity index (χ2n) is 12.9. The van der Waals surface area contributed by atoms with Crippen molar-refractivity contribution in [1.82, 2.24) is 15.0 Å². The van der Waals surface area contributed by atoms with Crippen LogP contribution in [0.25, 0.3) is 0 Å². The Balaban J connectivity index is 1.05. The molecule has 2 aliphatic heterocycles. The molecule has 254 valence electrons. The van der Waals surface area contributed by atoms with Crippen LogP contribution in [0.4, 0.5) is 17.1 Å². The number of benzene rings is 4. The normalized spacial score (nSPS) is 18.4. The van der Waals surface area contributed by atoms with E-state index in [1.165, 1.54) is 0 Å². The van der Waals surface area contributed by atoms with E-state index in [1.807, 2.05) is 98.1 Å². The zero-order valence-electron chi connectivity index (χ0n) is 27.7. The van der Waals surface area contributed by atoms with Gasteiger partial charge in [0.2, 0.25) is 5.91 Å². The zero-order chi connectivity index (χ0) is 34.8. The fourth-order valence-electron chi connectivity index (χ4n) is 7.00. The van der Waals surface area contributed by atoms with Gasteiger partial charge in [0.1, 0.15) is 0 Å². The number of amides is 2. The molecule has 0 fully saturated rings. The maximum absolute atomic E-state index is 14.1. The monoisotopic (exact) mass is 687 g/mol. The van der Waals surface area contributed by atoms with E-state index in [9.17, 15) is 19.8 Å². The van der Waals surface area contributed by atoms with Crippen LogP contribution in [-0.4, -0.2) is 43.6 Å². The van der Waals surface area contributed by atoms with Gasteiger partial charge in [-0.2, -0.15) is 0 Å². The Kier molecular flexibility index (Phi) is 9.38. The van der Waals surface area contributed by atoms with Gasteiger partial charge in [0.15, 0.2) is 5.60 Å². The molecule has 5 aromatic rings. The number of hydrogen-bond donors (Lipinski definition) is 2. The van der Waals surface area contributed by atoms with Gasteiger partial charge in [-0.1, -0.05) is 96.6 Å². The first-order valence-electron chi connectivity index (χ1n) is 16.8. The number of aromatic nitrogens is 3. The molecule has 2 aliphatic rings. The number of halogens is 1. The van der Waals surface area contributed by atoms with Gasteiger partial charge in [0, 0.05) is 41.4 Å². The number of fused-ring (bicyclic) bond motifs is 2. The van der Waals surface area contributed by atoms with Gasteiger partial charge in [0.05, 0.1) is 36.1 Å². The summed E-state index contributed by atoms with van der Waals surface area (Å²) in [5, 5.41) is 31.1. The summed E-state index contributed by atoms with van der Waals surface area (Å²) in [6.45, 7) is 2.53. The number of allylic oxidation sites excluding steroid dienone is 1. The topological polar surface area (TPSA) is 112 Å². The number of aliphatic hydroxyl groups excluding tert-OH is 1. The first-order chi connectivity index (χ1) is 24.3. The number of anilines is 3. The standard InChI is InChI=1S/C40H38ClN5O4/c1-27(9-7-8-22-44-25-35(42-43-44)33(26-47)29-10-3-2-4-11-29)40(50)34-23-31(41)17-20-37(34)45(39(40)49)24-28-14-18-32(19-15-28)46-36-13-6-5-12-30(36)16-21-38(46)48/h2-7,9-15,17-20,23,25,27,33,47,50H,8,16,21-22,24,26H2,1H3/b9-7+/t27-,33?,40+/m1/s1. The maximum Gasteiger partial charge on any atom is 0.264 e. The van der Waals surface area contributed by atoms with Gasteiger partial charge in [0.25, 0.3) is 5.91 Å². The number of aliphatic hydroxyl groups is 2. The molecule has 3 heterocycles. The highest BCUT2D eigenvalue weighted by Crippen LogP contribution is 2.47. The van der Waals surface area contributed by atoms with Gasteiger partial charge < -0.3 is 15.1 Å². The Morgan fingerprint density at radius 1 is 0.940 bits per heavy atom. The second-order valence-corrected chi connectivity index (χ2v) is 13.3. The number of carbonyl (C=O) groups is 2. The van der Waals surface area contributed by atoms with Crippen LogP contribution in [0.3, 0.4) is 0 Å². The first kappa shape index (κ1) is 33.4. The molecule has 3 atom stereocenters. The van der Waals surface area contributed by atoms with Crippen LogP contribution < -0.4 is 9.80 Å². The van der Waals surface area contributed by atoms with Crippen molar-refractivity contribution in [3.8, 4) is 0 Å². The van der Waals surface area contributed by atoms with Crippen molar-refractivity contribution in [2.75, 3.05) is 16.4 Å². The van der Waals surface area contributed by atoms with E-state index >= 15 is 0 Å². The molecule has 0 aliphatic carbocycles. The van der Waals surface area contributed by atoms with E-state index < -0.39 is 17.4 Å². The van der Waals surface area contributed by atoms with Crippen LogP contribution in [0, 0.1) is 5.92 Å². The lowest BCUT2D eigenvalue weighted by molar-refractivity contribution is -0.139. The van der Waals surface area contributed by atoms with Crippen molar-refractivity contribution in [3.63, 3.8) is 0 Å². The third kappa shape index (κ3) is 6.24. The van der Waals surface area contributed by atoms with Gasteiger partial charge in [-0.05, 0) is 65.9 Å². The minimum atomic E-state index is -1.81. The van der Waals surface area contributed by atoms with Gasteiger partial charge in [-0.25, -0.2) is 0 Å². The fourth-order valence-corrected chi connectivity index (χ4v) is 7.18. The molecule has 0 saturated carbocycles. The van der Waals surface area contributed by atoms with Crippen molar-refractivity contribution in [1.29, 1.82) is 0 Å². The lowest BCUT2D eigenvalue weighted by atomic mass is 9.83. The maximum atomic E-state index is 14.1. The largest absolute Gasteiger partial charge is 0.395 e. The van der Waals surface area contributed by atoms with Crippen LogP contribution >= 0.6 is 11.6 Å². The molecular formula is C40H38ClN5O4. The van der Waals surface area contributed by atoms with Crippen LogP contribution in [0.1, 0.15) is 53.6 Å². The van der Waals surface area contributed by atoms with E-state index in [4.69, 9.17) is 11.6 Å². The molecule has 7 rings (SSSR count). The van der Waals surface area contributed by atoms with Crippen molar-refractivity contribution in [2.45, 2.75) is 50.8 Å². The highest BCUT2D eigenvalue weighted by molar-refractivity contribution is 6.31. The molecular weight excluding hydrogens is 650 g/mol. The Morgan fingerprint density at radius 2 is 1.70 bits per heavy atom. The number of aryl methyl sites for hydroxylation is 2. The van der Waals surface area contributed by atoms with Gasteiger partial charge in [-0.3, -0.25) is 19.2 Å². The minimum absolute atomic E-state index is 0.0496. The highest BCUT2D eigenvalue weighted by Gasteiger charge is 2.52. The number of rotatable bonds is 11. The van der Waals surface area contributed by atoms with Crippen LogP contribution in [0.15, 0.2) is 115 Å². The molecule has 10 heteroatoms. The predicted molar refractivity (Wildman–Crippen MR) is 193 cm³/mol. The summed E-state index contributed by atoms with van der Waals surface area (Å²) < 4.78 is 1.73. The van der Waals surface area contributed by atoms with Crippen molar-refractivity contribution in [2.24, 2.45) is 5.92 Å². The van der Waals surface area contributed by atoms with Gasteiger partial charge >= 0.3 is 0 Å². The molecule has 2 amide bonds. The SMILES string of the molecule is C[C@H](/C=C/CCn1cc(C(CO)c2ccccc2)nn1)[C@@]1(O)C(=O)N(Cc2ccc(N3C(=O)CCc4ccccc43)cc2)c2ccc(Cl)cc21. The Labute approximate surface area is 296 Å². The number of nitrogens with zero attached hydrogens (tertiary/aromatic N) is 5. The molecule has 0 radical (unpaired) electrons. The molecule has 50 heavy (non-hydrogen) atoms. The number of carbonyl (C=O) groups excluding carboxylic acids is 2. The molecule has 2 N–H and O–H groups in total. The quantitative estimate of drug-likeness (QED) is 0.150. The summed E-state index contributed by atoms with van der Waals surface area (Å²) in [6, 6.07) is 30.5.